The highest BCUT2D eigenvalue weighted by atomic mass is 32.3. The fourth-order valence-corrected chi connectivity index (χ4v) is 3.15. The van der Waals surface area contributed by atoms with Crippen molar-refractivity contribution in [2.24, 2.45) is 0 Å². The molecule has 0 saturated heterocycles. The summed E-state index contributed by atoms with van der Waals surface area (Å²) in [5.74, 6) is 0. The van der Waals surface area contributed by atoms with Crippen molar-refractivity contribution in [3.8, 4) is 0 Å². The van der Waals surface area contributed by atoms with Crippen LogP contribution in [0.1, 0.15) is 19.3 Å². The van der Waals surface area contributed by atoms with E-state index in [1.54, 1.807) is 0 Å². The van der Waals surface area contributed by atoms with Crippen LogP contribution in [0.25, 0.3) is 0 Å². The summed E-state index contributed by atoms with van der Waals surface area (Å²) in [5.41, 5.74) is 0. The van der Waals surface area contributed by atoms with Crippen LogP contribution in [0.4, 0.5) is 0 Å². The van der Waals surface area contributed by atoms with E-state index in [9.17, 15) is 16.8 Å². The first-order valence-electron chi connectivity index (χ1n) is 3.82. The Morgan fingerprint density at radius 1 is 1.07 bits per heavy atom. The summed E-state index contributed by atoms with van der Waals surface area (Å²) < 4.78 is 63.3. The Labute approximate surface area is 81.8 Å². The Morgan fingerprint density at radius 3 is 2.07 bits per heavy atom. The monoisotopic (exact) mass is 246 g/mol. The molecule has 0 aromatic heterocycles. The molecule has 0 aliphatic heterocycles. The van der Waals surface area contributed by atoms with Gasteiger partial charge in [0.1, 0.15) is 5.25 Å². The van der Waals surface area contributed by atoms with Crippen LogP contribution in [-0.4, -0.2) is 37.3 Å². The molecule has 0 heterocycles. The third kappa shape index (κ3) is 3.17. The average Bonchev–Trinajstić information content (AvgIpc) is 2.29. The number of hydrogen-bond acceptors (Lipinski definition) is 5. The molecule has 1 saturated carbocycles. The molecule has 14 heavy (non-hydrogen) atoms. The van der Waals surface area contributed by atoms with Crippen molar-refractivity contribution in [3.63, 3.8) is 0 Å². The van der Waals surface area contributed by atoms with Crippen LogP contribution in [0.3, 0.4) is 0 Å². The molecular formula is C5H10O7S2. The Balaban J connectivity index is 2.81. The lowest BCUT2D eigenvalue weighted by atomic mass is 10.3. The molecule has 7 nitrogen and oxygen atoms in total. The fraction of sp³-hybridized carbons (Fsp3) is 1.00. The summed E-state index contributed by atoms with van der Waals surface area (Å²) in [6.07, 6.45) is -0.478. The smallest absolute Gasteiger partial charge is 0.285 e. The van der Waals surface area contributed by atoms with E-state index in [0.29, 0.717) is 6.42 Å². The molecule has 1 aliphatic rings. The first-order valence-corrected chi connectivity index (χ1v) is 6.69. The van der Waals surface area contributed by atoms with Crippen molar-refractivity contribution in [2.45, 2.75) is 30.6 Å². The lowest BCUT2D eigenvalue weighted by Crippen LogP contribution is -2.32. The molecule has 0 aromatic rings. The maximum absolute atomic E-state index is 10.7. The summed E-state index contributed by atoms with van der Waals surface area (Å²) in [4.78, 5) is 0. The van der Waals surface area contributed by atoms with E-state index < -0.39 is 31.9 Å². The molecular weight excluding hydrogens is 236 g/mol. The van der Waals surface area contributed by atoms with Crippen molar-refractivity contribution >= 4 is 20.5 Å². The zero-order chi connectivity index (χ0) is 11.0. The van der Waals surface area contributed by atoms with Crippen molar-refractivity contribution < 1.29 is 30.1 Å². The molecule has 1 aliphatic carbocycles. The second-order valence-electron chi connectivity index (χ2n) is 3.05. The minimum atomic E-state index is -4.68. The lowest BCUT2D eigenvalue weighted by Gasteiger charge is -2.14. The Bertz CT molecular complexity index is 394. The van der Waals surface area contributed by atoms with Crippen LogP contribution in [0.5, 0.6) is 0 Å². The molecule has 2 N–H and O–H groups in total. The molecule has 1 rings (SSSR count). The van der Waals surface area contributed by atoms with Gasteiger partial charge in [0.05, 0.1) is 6.10 Å². The van der Waals surface area contributed by atoms with Crippen molar-refractivity contribution in [2.75, 3.05) is 0 Å². The van der Waals surface area contributed by atoms with Gasteiger partial charge in [0.15, 0.2) is 0 Å². The second-order valence-corrected chi connectivity index (χ2v) is 5.73. The van der Waals surface area contributed by atoms with Crippen molar-refractivity contribution in [1.29, 1.82) is 0 Å². The van der Waals surface area contributed by atoms with Crippen LogP contribution in [0, 0.1) is 0 Å². The number of hydrogen-bond donors (Lipinski definition) is 2. The molecule has 9 heteroatoms. The van der Waals surface area contributed by atoms with E-state index in [0.717, 1.165) is 0 Å². The topological polar surface area (TPSA) is 118 Å². The third-order valence-corrected chi connectivity index (χ3v) is 3.81. The highest BCUT2D eigenvalue weighted by Gasteiger charge is 2.39. The molecule has 84 valence electrons. The Kier molecular flexibility index (Phi) is 3.17. The normalized spacial score (nSPS) is 29.3. The number of rotatable bonds is 3. The molecule has 0 spiro atoms. The highest BCUT2D eigenvalue weighted by Crippen LogP contribution is 2.28. The molecule has 0 amide bonds. The van der Waals surface area contributed by atoms with E-state index in [1.165, 1.54) is 0 Å². The minimum absolute atomic E-state index is 0.124. The van der Waals surface area contributed by atoms with Gasteiger partial charge in [-0.1, -0.05) is 0 Å². The largest absolute Gasteiger partial charge is 0.397 e. The minimum Gasteiger partial charge on any atom is -0.285 e. The summed E-state index contributed by atoms with van der Waals surface area (Å²) in [6.45, 7) is 0. The second kappa shape index (κ2) is 3.74. The maximum Gasteiger partial charge on any atom is 0.397 e. The zero-order valence-corrected chi connectivity index (χ0v) is 8.66. The third-order valence-electron chi connectivity index (χ3n) is 2.02. The quantitative estimate of drug-likeness (QED) is 0.651. The highest BCUT2D eigenvalue weighted by molar-refractivity contribution is 7.86. The summed E-state index contributed by atoms with van der Waals surface area (Å²) >= 11 is 0. The van der Waals surface area contributed by atoms with Crippen molar-refractivity contribution in [3.05, 3.63) is 0 Å². The van der Waals surface area contributed by atoms with Gasteiger partial charge in [-0.2, -0.15) is 16.8 Å². The van der Waals surface area contributed by atoms with E-state index in [2.05, 4.69) is 4.18 Å². The first kappa shape index (κ1) is 11.9. The van der Waals surface area contributed by atoms with Crippen LogP contribution in [0.2, 0.25) is 0 Å². The average molecular weight is 246 g/mol. The van der Waals surface area contributed by atoms with Crippen LogP contribution in [-0.2, 0) is 24.7 Å². The molecule has 0 aromatic carbocycles. The SMILES string of the molecule is O=S(=O)(O)O[C@H]1CCC[C@H]1S(=O)(=O)O. The van der Waals surface area contributed by atoms with E-state index in [4.69, 9.17) is 9.11 Å². The predicted octanol–water partition coefficient (Wildman–Crippen LogP) is -0.385. The molecule has 0 bridgehead atoms. The van der Waals surface area contributed by atoms with E-state index in [1.807, 2.05) is 0 Å². The van der Waals surface area contributed by atoms with Gasteiger partial charge in [0.2, 0.25) is 0 Å². The fourth-order valence-electron chi connectivity index (χ4n) is 1.50. The Morgan fingerprint density at radius 2 is 1.64 bits per heavy atom. The van der Waals surface area contributed by atoms with E-state index in [-0.39, 0.29) is 12.8 Å². The molecule has 0 unspecified atom stereocenters. The summed E-state index contributed by atoms with van der Waals surface area (Å²) in [7, 11) is -9.00. The van der Waals surface area contributed by atoms with Crippen LogP contribution >= 0.6 is 0 Å². The van der Waals surface area contributed by atoms with Gasteiger partial charge in [-0.3, -0.25) is 9.11 Å². The molecule has 2 atom stereocenters. The van der Waals surface area contributed by atoms with Gasteiger partial charge in [0, 0.05) is 0 Å². The predicted molar refractivity (Wildman–Crippen MR) is 45.6 cm³/mol. The van der Waals surface area contributed by atoms with Gasteiger partial charge in [-0.05, 0) is 19.3 Å². The lowest BCUT2D eigenvalue weighted by molar-refractivity contribution is 0.187. The van der Waals surface area contributed by atoms with Crippen molar-refractivity contribution in [1.82, 2.24) is 0 Å². The van der Waals surface area contributed by atoms with Crippen LogP contribution in [0.15, 0.2) is 0 Å². The standard InChI is InChI=1S/C5H10O7S2/c6-13(7,8)5-3-1-2-4(5)12-14(9,10)11/h4-5H,1-3H2,(H,6,7,8)(H,9,10,11)/t4-,5+/m0/s1. The molecule has 0 radical (unpaired) electrons. The summed E-state index contributed by atoms with van der Waals surface area (Å²) in [6, 6.07) is 0. The zero-order valence-electron chi connectivity index (χ0n) is 7.03. The van der Waals surface area contributed by atoms with Gasteiger partial charge in [-0.25, -0.2) is 4.18 Å². The van der Waals surface area contributed by atoms with E-state index >= 15 is 0 Å². The Hall–Kier alpha value is -0.220. The van der Waals surface area contributed by atoms with Gasteiger partial charge in [-0.15, -0.1) is 0 Å². The molecule has 1 fully saturated rings. The van der Waals surface area contributed by atoms with Gasteiger partial charge in [0.25, 0.3) is 10.1 Å². The van der Waals surface area contributed by atoms with Gasteiger partial charge < -0.3 is 0 Å². The maximum atomic E-state index is 10.7. The van der Waals surface area contributed by atoms with Crippen LogP contribution < -0.4 is 0 Å². The van der Waals surface area contributed by atoms with Gasteiger partial charge >= 0.3 is 10.4 Å². The first-order chi connectivity index (χ1) is 6.20. The summed E-state index contributed by atoms with van der Waals surface area (Å²) in [5, 5.41) is -1.27.